The van der Waals surface area contributed by atoms with Gasteiger partial charge in [0, 0.05) is 18.0 Å². The molecule has 6 heteroatoms. The standard InChI is InChI=1S/C14H11N3O3/c1-20-13-12-16-10(9-5-3-2-4-6-9)11(14(18)19)17(12)8-7-15-13/h2-8H,1H3,(H,18,19). The summed E-state index contributed by atoms with van der Waals surface area (Å²) in [6, 6.07) is 9.16. The van der Waals surface area contributed by atoms with Gasteiger partial charge in [-0.3, -0.25) is 4.40 Å². The van der Waals surface area contributed by atoms with Gasteiger partial charge >= 0.3 is 5.97 Å². The van der Waals surface area contributed by atoms with Crippen LogP contribution in [-0.4, -0.2) is 32.6 Å². The Bertz CT molecular complexity index is 781. The summed E-state index contributed by atoms with van der Waals surface area (Å²) in [5.74, 6) is -0.762. The van der Waals surface area contributed by atoms with Gasteiger partial charge in [0.15, 0.2) is 5.69 Å². The van der Waals surface area contributed by atoms with Gasteiger partial charge in [0.2, 0.25) is 5.65 Å². The van der Waals surface area contributed by atoms with E-state index >= 15 is 0 Å². The summed E-state index contributed by atoms with van der Waals surface area (Å²) in [4.78, 5) is 20.0. The lowest BCUT2D eigenvalue weighted by atomic mass is 10.1. The number of carboxylic acids is 1. The molecule has 0 saturated heterocycles. The van der Waals surface area contributed by atoms with Crippen LogP contribution >= 0.6 is 0 Å². The monoisotopic (exact) mass is 269 g/mol. The van der Waals surface area contributed by atoms with Crippen molar-refractivity contribution in [2.24, 2.45) is 0 Å². The average Bonchev–Trinajstić information content (AvgIpc) is 2.87. The number of imidazole rings is 1. The molecule has 1 aromatic carbocycles. The Kier molecular flexibility index (Phi) is 2.83. The van der Waals surface area contributed by atoms with Crippen LogP contribution in [-0.2, 0) is 0 Å². The van der Waals surface area contributed by atoms with Crippen molar-refractivity contribution in [3.8, 4) is 17.1 Å². The zero-order valence-corrected chi connectivity index (χ0v) is 10.6. The second-order valence-corrected chi connectivity index (χ2v) is 4.11. The number of hydrogen-bond acceptors (Lipinski definition) is 4. The van der Waals surface area contributed by atoms with E-state index in [2.05, 4.69) is 9.97 Å². The fourth-order valence-corrected chi connectivity index (χ4v) is 2.10. The Labute approximate surface area is 114 Å². The Morgan fingerprint density at radius 3 is 2.70 bits per heavy atom. The summed E-state index contributed by atoms with van der Waals surface area (Å²) < 4.78 is 6.59. The lowest BCUT2D eigenvalue weighted by molar-refractivity contribution is 0.0690. The zero-order valence-electron chi connectivity index (χ0n) is 10.6. The van der Waals surface area contributed by atoms with E-state index in [0.717, 1.165) is 5.56 Å². The summed E-state index contributed by atoms with van der Waals surface area (Å²) in [5, 5.41) is 9.46. The first kappa shape index (κ1) is 12.2. The number of methoxy groups -OCH3 is 1. The molecule has 20 heavy (non-hydrogen) atoms. The molecular weight excluding hydrogens is 258 g/mol. The summed E-state index contributed by atoms with van der Waals surface area (Å²) in [5.41, 5.74) is 1.60. The van der Waals surface area contributed by atoms with Crippen molar-refractivity contribution >= 4 is 11.6 Å². The number of hydrogen-bond donors (Lipinski definition) is 1. The average molecular weight is 269 g/mol. The highest BCUT2D eigenvalue weighted by Gasteiger charge is 2.21. The van der Waals surface area contributed by atoms with Crippen molar-refractivity contribution in [1.82, 2.24) is 14.4 Å². The molecule has 0 atom stereocenters. The molecule has 100 valence electrons. The van der Waals surface area contributed by atoms with Gasteiger partial charge in [-0.05, 0) is 0 Å². The van der Waals surface area contributed by atoms with Gasteiger partial charge in [0.05, 0.1) is 7.11 Å². The van der Waals surface area contributed by atoms with Crippen LogP contribution in [0.4, 0.5) is 0 Å². The number of benzene rings is 1. The van der Waals surface area contributed by atoms with Crippen LogP contribution in [0, 0.1) is 0 Å². The van der Waals surface area contributed by atoms with E-state index in [0.29, 0.717) is 11.3 Å². The molecular formula is C14H11N3O3. The van der Waals surface area contributed by atoms with E-state index in [9.17, 15) is 9.90 Å². The molecule has 0 amide bonds. The molecule has 0 aliphatic carbocycles. The molecule has 0 fully saturated rings. The number of ether oxygens (including phenoxy) is 1. The van der Waals surface area contributed by atoms with E-state index in [1.54, 1.807) is 6.20 Å². The summed E-state index contributed by atoms with van der Waals surface area (Å²) in [7, 11) is 1.47. The summed E-state index contributed by atoms with van der Waals surface area (Å²) in [6.45, 7) is 0. The number of aromatic carboxylic acids is 1. The number of fused-ring (bicyclic) bond motifs is 1. The normalized spacial score (nSPS) is 10.7. The number of aromatic nitrogens is 3. The molecule has 0 aliphatic heterocycles. The van der Waals surface area contributed by atoms with Gasteiger partial charge in [-0.15, -0.1) is 0 Å². The number of carbonyl (C=O) groups is 1. The van der Waals surface area contributed by atoms with E-state index < -0.39 is 5.97 Å². The van der Waals surface area contributed by atoms with E-state index in [1.807, 2.05) is 30.3 Å². The van der Waals surface area contributed by atoms with Gasteiger partial charge in [0.1, 0.15) is 5.69 Å². The third kappa shape index (κ3) is 1.78. The van der Waals surface area contributed by atoms with Crippen molar-refractivity contribution in [1.29, 1.82) is 0 Å². The van der Waals surface area contributed by atoms with Gasteiger partial charge < -0.3 is 9.84 Å². The van der Waals surface area contributed by atoms with Gasteiger partial charge in [0.25, 0.3) is 5.88 Å². The number of nitrogens with zero attached hydrogens (tertiary/aromatic N) is 3. The highest BCUT2D eigenvalue weighted by atomic mass is 16.5. The predicted octanol–water partition coefficient (Wildman–Crippen LogP) is 2.10. The fourth-order valence-electron chi connectivity index (χ4n) is 2.10. The maximum Gasteiger partial charge on any atom is 0.355 e. The van der Waals surface area contributed by atoms with Crippen LogP contribution in [0.5, 0.6) is 5.88 Å². The Morgan fingerprint density at radius 2 is 2.05 bits per heavy atom. The minimum absolute atomic E-state index is 0.0897. The van der Waals surface area contributed by atoms with E-state index in [1.165, 1.54) is 17.7 Å². The molecule has 0 radical (unpaired) electrons. The van der Waals surface area contributed by atoms with Crippen LogP contribution in [0.2, 0.25) is 0 Å². The van der Waals surface area contributed by atoms with Crippen LogP contribution < -0.4 is 4.74 Å². The smallest absolute Gasteiger partial charge is 0.355 e. The Hall–Kier alpha value is -2.89. The quantitative estimate of drug-likeness (QED) is 0.788. The third-order valence-electron chi connectivity index (χ3n) is 2.95. The fraction of sp³-hybridized carbons (Fsp3) is 0.0714. The molecule has 2 aromatic heterocycles. The first-order valence-corrected chi connectivity index (χ1v) is 5.92. The third-order valence-corrected chi connectivity index (χ3v) is 2.95. The lowest BCUT2D eigenvalue weighted by Gasteiger charge is -2.01. The van der Waals surface area contributed by atoms with E-state index in [-0.39, 0.29) is 11.6 Å². The van der Waals surface area contributed by atoms with Crippen LogP contribution in [0.25, 0.3) is 16.9 Å². The molecule has 0 bridgehead atoms. The second kappa shape index (κ2) is 4.65. The van der Waals surface area contributed by atoms with Crippen LogP contribution in [0.3, 0.4) is 0 Å². The van der Waals surface area contributed by atoms with Crippen LogP contribution in [0.15, 0.2) is 42.7 Å². The molecule has 0 aliphatic rings. The molecule has 6 nitrogen and oxygen atoms in total. The van der Waals surface area contributed by atoms with Gasteiger partial charge in [-0.25, -0.2) is 14.8 Å². The van der Waals surface area contributed by atoms with Crippen molar-refractivity contribution in [3.63, 3.8) is 0 Å². The summed E-state index contributed by atoms with van der Waals surface area (Å²) >= 11 is 0. The Balaban J connectivity index is 2.37. The highest BCUT2D eigenvalue weighted by molar-refractivity contribution is 5.95. The molecule has 0 unspecified atom stereocenters. The SMILES string of the molecule is COc1nccn2c(C(=O)O)c(-c3ccccc3)nc12. The Morgan fingerprint density at radius 1 is 1.30 bits per heavy atom. The minimum Gasteiger partial charge on any atom is -0.478 e. The second-order valence-electron chi connectivity index (χ2n) is 4.11. The van der Waals surface area contributed by atoms with Crippen molar-refractivity contribution in [2.45, 2.75) is 0 Å². The maximum absolute atomic E-state index is 11.5. The largest absolute Gasteiger partial charge is 0.478 e. The number of rotatable bonds is 3. The predicted molar refractivity (Wildman–Crippen MR) is 71.9 cm³/mol. The topological polar surface area (TPSA) is 76.7 Å². The summed E-state index contributed by atoms with van der Waals surface area (Å²) in [6.07, 6.45) is 3.04. The first-order chi connectivity index (χ1) is 9.72. The first-order valence-electron chi connectivity index (χ1n) is 5.92. The zero-order chi connectivity index (χ0) is 14.1. The maximum atomic E-state index is 11.5. The highest BCUT2D eigenvalue weighted by Crippen LogP contribution is 2.27. The lowest BCUT2D eigenvalue weighted by Crippen LogP contribution is -2.04. The van der Waals surface area contributed by atoms with Gasteiger partial charge in [-0.1, -0.05) is 30.3 Å². The molecule has 1 N–H and O–H groups in total. The molecule has 3 rings (SSSR count). The molecule has 0 spiro atoms. The molecule has 2 heterocycles. The van der Waals surface area contributed by atoms with Crippen molar-refractivity contribution in [2.75, 3.05) is 7.11 Å². The molecule has 0 saturated carbocycles. The molecule has 3 aromatic rings. The van der Waals surface area contributed by atoms with E-state index in [4.69, 9.17) is 4.74 Å². The minimum atomic E-state index is -1.05. The van der Waals surface area contributed by atoms with Crippen LogP contribution in [0.1, 0.15) is 10.5 Å². The van der Waals surface area contributed by atoms with Crippen molar-refractivity contribution < 1.29 is 14.6 Å². The number of carboxylic acid groups (broad SMARTS) is 1. The van der Waals surface area contributed by atoms with Crippen molar-refractivity contribution in [3.05, 3.63) is 48.4 Å². The van der Waals surface area contributed by atoms with Gasteiger partial charge in [-0.2, -0.15) is 0 Å².